The predicted octanol–water partition coefficient (Wildman–Crippen LogP) is 4.16. The van der Waals surface area contributed by atoms with Gasteiger partial charge in [-0.25, -0.2) is 0 Å². The van der Waals surface area contributed by atoms with Crippen LogP contribution in [0, 0.1) is 20.8 Å². The second kappa shape index (κ2) is 11.4. The SMILES string of the molecule is CS(C)=O.C[C]1C(C)=C(C)C(C)=C1C.[CH3-].[CH3-].[Ir]. The van der Waals surface area contributed by atoms with E-state index in [1.165, 1.54) is 28.2 Å². The minimum absolute atomic E-state index is 0. The standard InChI is InChI=1S/C10H15.C2H6OS.2CH3.Ir/c1-6-7(2)9(4)10(5)8(6)3;1-4(2)3;;;/h1-5H3;1-2H3;2*1H3;/q;;2*-1;. The zero-order valence-corrected chi connectivity index (χ0v) is 15.9. The Morgan fingerprint density at radius 1 is 0.706 bits per heavy atom. The fraction of sp³-hybridized carbons (Fsp3) is 0.500. The van der Waals surface area contributed by atoms with E-state index in [1.807, 2.05) is 0 Å². The third-order valence-electron chi connectivity index (χ3n) is 2.81. The maximum atomic E-state index is 9.56. The van der Waals surface area contributed by atoms with E-state index < -0.39 is 10.8 Å². The Bertz CT molecular complexity index is 275. The normalized spacial score (nSPS) is 14.6. The minimum atomic E-state index is -0.611. The van der Waals surface area contributed by atoms with Crippen LogP contribution in [0.2, 0.25) is 0 Å². The number of hydrogen-bond donors (Lipinski definition) is 0. The maximum Gasteiger partial charge on any atom is 0.0226 e. The van der Waals surface area contributed by atoms with Gasteiger partial charge < -0.3 is 14.9 Å². The second-order valence-corrected chi connectivity index (χ2v) is 5.35. The van der Waals surface area contributed by atoms with Crippen molar-refractivity contribution in [1.82, 2.24) is 0 Å². The maximum absolute atomic E-state index is 9.56. The molecule has 3 heteroatoms. The van der Waals surface area contributed by atoms with Crippen molar-refractivity contribution in [3.63, 3.8) is 0 Å². The quantitative estimate of drug-likeness (QED) is 0.522. The van der Waals surface area contributed by atoms with E-state index in [9.17, 15) is 4.21 Å². The van der Waals surface area contributed by atoms with Crippen LogP contribution in [0.4, 0.5) is 0 Å². The van der Waals surface area contributed by atoms with Crippen LogP contribution in [0.25, 0.3) is 0 Å². The molecule has 0 saturated carbocycles. The van der Waals surface area contributed by atoms with Crippen molar-refractivity contribution in [2.75, 3.05) is 12.5 Å². The molecule has 17 heavy (non-hydrogen) atoms. The third kappa shape index (κ3) is 8.07. The van der Waals surface area contributed by atoms with Crippen molar-refractivity contribution in [3.05, 3.63) is 43.1 Å². The van der Waals surface area contributed by atoms with Gasteiger partial charge in [-0.3, -0.25) is 4.21 Å². The molecule has 0 aliphatic heterocycles. The van der Waals surface area contributed by atoms with Gasteiger partial charge in [0.2, 0.25) is 0 Å². The van der Waals surface area contributed by atoms with Crippen LogP contribution in [0.1, 0.15) is 34.6 Å². The van der Waals surface area contributed by atoms with Gasteiger partial charge in [0.25, 0.3) is 0 Å². The van der Waals surface area contributed by atoms with E-state index >= 15 is 0 Å². The Balaban J connectivity index is -0.000000108. The zero-order chi connectivity index (χ0) is 11.5. The second-order valence-electron chi connectivity index (χ2n) is 3.87. The number of hydrogen-bond acceptors (Lipinski definition) is 1. The average molecular weight is 436 g/mol. The van der Waals surface area contributed by atoms with Crippen molar-refractivity contribution in [1.29, 1.82) is 0 Å². The monoisotopic (exact) mass is 436 g/mol. The molecular weight excluding hydrogens is 408 g/mol. The van der Waals surface area contributed by atoms with E-state index in [2.05, 4.69) is 34.6 Å². The largest absolute Gasteiger partial charge is 0.358 e. The molecule has 0 amide bonds. The summed E-state index contributed by atoms with van der Waals surface area (Å²) >= 11 is 0. The van der Waals surface area contributed by atoms with Gasteiger partial charge in [-0.1, -0.05) is 18.1 Å². The van der Waals surface area contributed by atoms with Crippen molar-refractivity contribution in [2.24, 2.45) is 0 Å². The Kier molecular flexibility index (Phi) is 17.4. The summed E-state index contributed by atoms with van der Waals surface area (Å²) in [4.78, 5) is 0. The van der Waals surface area contributed by atoms with Crippen molar-refractivity contribution < 1.29 is 24.3 Å². The topological polar surface area (TPSA) is 17.1 Å². The van der Waals surface area contributed by atoms with Crippen LogP contribution in [0.15, 0.2) is 22.3 Å². The number of allylic oxidation sites excluding steroid dienone is 4. The first kappa shape index (κ1) is 26.0. The van der Waals surface area contributed by atoms with Crippen molar-refractivity contribution in [3.8, 4) is 0 Å². The molecule has 0 spiro atoms. The van der Waals surface area contributed by atoms with E-state index in [-0.39, 0.29) is 35.0 Å². The molecule has 0 bridgehead atoms. The van der Waals surface area contributed by atoms with Gasteiger partial charge in [0.15, 0.2) is 0 Å². The zero-order valence-electron chi connectivity index (χ0n) is 12.6. The molecule has 0 aromatic rings. The van der Waals surface area contributed by atoms with Crippen LogP contribution in [-0.2, 0) is 30.9 Å². The summed E-state index contributed by atoms with van der Waals surface area (Å²) in [5.41, 5.74) is 5.87. The molecule has 0 aromatic carbocycles. The molecule has 0 atom stereocenters. The molecular formula is C14H27IrOS-2. The van der Waals surface area contributed by atoms with Crippen LogP contribution < -0.4 is 0 Å². The fourth-order valence-corrected chi connectivity index (χ4v) is 1.41. The Labute approximate surface area is 125 Å². The van der Waals surface area contributed by atoms with Crippen LogP contribution in [-0.4, -0.2) is 16.7 Å². The van der Waals surface area contributed by atoms with Crippen LogP contribution in [0.5, 0.6) is 0 Å². The van der Waals surface area contributed by atoms with E-state index in [0.717, 1.165) is 0 Å². The van der Waals surface area contributed by atoms with Gasteiger partial charge >= 0.3 is 0 Å². The smallest absolute Gasteiger partial charge is 0.0226 e. The third-order valence-corrected chi connectivity index (χ3v) is 2.81. The van der Waals surface area contributed by atoms with E-state index in [1.54, 1.807) is 12.5 Å². The molecule has 0 unspecified atom stereocenters. The van der Waals surface area contributed by atoms with Gasteiger partial charge in [-0.05, 0) is 38.8 Å². The Hall–Kier alpha value is 0.279. The molecule has 0 aromatic heterocycles. The van der Waals surface area contributed by atoms with Gasteiger partial charge in [0.05, 0.1) is 0 Å². The summed E-state index contributed by atoms with van der Waals surface area (Å²) in [6.07, 6.45) is 3.28. The summed E-state index contributed by atoms with van der Waals surface area (Å²) in [5.74, 6) is 1.47. The average Bonchev–Trinajstić information content (AvgIpc) is 2.23. The summed E-state index contributed by atoms with van der Waals surface area (Å²) in [7, 11) is -0.611. The van der Waals surface area contributed by atoms with Gasteiger partial charge in [-0.2, -0.15) is 0 Å². The summed E-state index contributed by atoms with van der Waals surface area (Å²) in [6.45, 7) is 11.0. The first-order chi connectivity index (χ1) is 6.29. The van der Waals surface area contributed by atoms with E-state index in [0.29, 0.717) is 0 Å². The Morgan fingerprint density at radius 2 is 0.882 bits per heavy atom. The van der Waals surface area contributed by atoms with Crippen molar-refractivity contribution in [2.45, 2.75) is 34.6 Å². The molecule has 1 nitrogen and oxygen atoms in total. The predicted molar refractivity (Wildman–Crippen MR) is 78.5 cm³/mol. The van der Waals surface area contributed by atoms with Gasteiger partial charge in [0, 0.05) is 49.3 Å². The summed E-state index contributed by atoms with van der Waals surface area (Å²) in [5, 5.41) is 0. The van der Waals surface area contributed by atoms with Crippen LogP contribution >= 0.6 is 0 Å². The molecule has 0 N–H and O–H groups in total. The first-order valence-corrected chi connectivity index (χ1v) is 6.70. The van der Waals surface area contributed by atoms with Gasteiger partial charge in [-0.15, -0.1) is 0 Å². The first-order valence-electron chi connectivity index (χ1n) is 4.73. The molecule has 0 saturated heterocycles. The molecule has 1 aliphatic carbocycles. The molecule has 2 radical (unpaired) electrons. The molecule has 0 fully saturated rings. The molecule has 106 valence electrons. The molecule has 1 aliphatic rings. The Morgan fingerprint density at radius 3 is 0.941 bits per heavy atom. The summed E-state index contributed by atoms with van der Waals surface area (Å²) < 4.78 is 9.56. The van der Waals surface area contributed by atoms with Gasteiger partial charge in [0.1, 0.15) is 0 Å². The van der Waals surface area contributed by atoms with Crippen molar-refractivity contribution >= 4 is 10.8 Å². The summed E-state index contributed by atoms with van der Waals surface area (Å²) in [6, 6.07) is 0. The minimum Gasteiger partial charge on any atom is -0.358 e. The van der Waals surface area contributed by atoms with Crippen LogP contribution in [0.3, 0.4) is 0 Å². The van der Waals surface area contributed by atoms with E-state index in [4.69, 9.17) is 0 Å². The molecule has 1 rings (SSSR count). The fourth-order valence-electron chi connectivity index (χ4n) is 1.41. The number of rotatable bonds is 0. The molecule has 0 heterocycles.